The van der Waals surface area contributed by atoms with Crippen LogP contribution in [0.25, 0.3) is 6.08 Å². The number of benzene rings is 2. The molecular formula is C20H17N2O5-. The summed E-state index contributed by atoms with van der Waals surface area (Å²) in [6, 6.07) is 12.3. The third-order valence-electron chi connectivity index (χ3n) is 3.54. The molecule has 0 aliphatic heterocycles. The maximum Gasteiger partial charge on any atom is 0.266 e. The first-order valence-corrected chi connectivity index (χ1v) is 8.04. The first-order chi connectivity index (χ1) is 13.0. The van der Waals surface area contributed by atoms with E-state index < -0.39 is 11.9 Å². The summed E-state index contributed by atoms with van der Waals surface area (Å²) in [6.45, 7) is 2.33. The molecular weight excluding hydrogens is 348 g/mol. The molecule has 0 saturated carbocycles. The molecule has 0 bridgehead atoms. The second-order valence-corrected chi connectivity index (χ2v) is 5.33. The van der Waals surface area contributed by atoms with Crippen LogP contribution in [0.2, 0.25) is 0 Å². The summed E-state index contributed by atoms with van der Waals surface area (Å²) in [4.78, 5) is 23.0. The van der Waals surface area contributed by atoms with E-state index in [-0.39, 0.29) is 11.1 Å². The number of carbonyl (C=O) groups is 2. The Morgan fingerprint density at radius 2 is 1.89 bits per heavy atom. The number of hydrogen-bond acceptors (Lipinski definition) is 6. The Labute approximate surface area is 156 Å². The lowest BCUT2D eigenvalue weighted by atomic mass is 10.1. The summed E-state index contributed by atoms with van der Waals surface area (Å²) < 4.78 is 10.7. The molecule has 7 nitrogen and oxygen atoms in total. The van der Waals surface area contributed by atoms with Crippen molar-refractivity contribution in [2.75, 3.05) is 19.0 Å². The molecule has 0 aromatic heterocycles. The van der Waals surface area contributed by atoms with Gasteiger partial charge in [-0.05, 0) is 48.4 Å². The minimum atomic E-state index is -1.31. The fourth-order valence-electron chi connectivity index (χ4n) is 2.25. The molecule has 138 valence electrons. The fraction of sp³-hybridized carbons (Fsp3) is 0.150. The molecule has 2 rings (SSSR count). The van der Waals surface area contributed by atoms with Crippen molar-refractivity contribution in [1.82, 2.24) is 0 Å². The number of carboxylic acid groups (broad SMARTS) is 1. The number of hydrogen-bond donors (Lipinski definition) is 1. The largest absolute Gasteiger partial charge is 0.545 e. The molecule has 1 amide bonds. The lowest BCUT2D eigenvalue weighted by Gasteiger charge is -2.10. The van der Waals surface area contributed by atoms with E-state index in [0.717, 1.165) is 0 Å². The zero-order valence-electron chi connectivity index (χ0n) is 14.8. The average molecular weight is 365 g/mol. The van der Waals surface area contributed by atoms with Crippen LogP contribution in [0.5, 0.6) is 11.5 Å². The quantitative estimate of drug-likeness (QED) is 0.593. The van der Waals surface area contributed by atoms with Crippen LogP contribution in [0, 0.1) is 11.3 Å². The van der Waals surface area contributed by atoms with Crippen LogP contribution in [-0.4, -0.2) is 25.6 Å². The normalized spacial score (nSPS) is 10.6. The highest BCUT2D eigenvalue weighted by molar-refractivity contribution is 6.09. The minimum absolute atomic E-state index is 0.00877. The van der Waals surface area contributed by atoms with Gasteiger partial charge in [-0.15, -0.1) is 0 Å². The number of methoxy groups -OCH3 is 1. The number of rotatable bonds is 7. The van der Waals surface area contributed by atoms with Crippen LogP contribution >= 0.6 is 0 Å². The number of nitrogens with one attached hydrogen (secondary N) is 1. The molecule has 0 atom stereocenters. The van der Waals surface area contributed by atoms with E-state index in [4.69, 9.17) is 9.47 Å². The molecule has 1 N–H and O–H groups in total. The van der Waals surface area contributed by atoms with Crippen molar-refractivity contribution in [2.24, 2.45) is 0 Å². The molecule has 0 saturated heterocycles. The molecule has 27 heavy (non-hydrogen) atoms. The lowest BCUT2D eigenvalue weighted by molar-refractivity contribution is -0.255. The Morgan fingerprint density at radius 3 is 2.44 bits per heavy atom. The van der Waals surface area contributed by atoms with E-state index in [0.29, 0.717) is 29.4 Å². The van der Waals surface area contributed by atoms with E-state index >= 15 is 0 Å². The molecule has 0 aliphatic carbocycles. The van der Waals surface area contributed by atoms with E-state index in [1.165, 1.54) is 37.5 Å². The van der Waals surface area contributed by atoms with Gasteiger partial charge in [-0.2, -0.15) is 5.26 Å². The van der Waals surface area contributed by atoms with Gasteiger partial charge in [0.05, 0.1) is 19.7 Å². The number of carboxylic acids is 1. The molecule has 0 aliphatic rings. The lowest BCUT2D eigenvalue weighted by Crippen LogP contribution is -2.22. The zero-order valence-corrected chi connectivity index (χ0v) is 14.8. The summed E-state index contributed by atoms with van der Waals surface area (Å²) in [5.74, 6) is -0.879. The van der Waals surface area contributed by atoms with E-state index in [1.807, 2.05) is 13.0 Å². The molecule has 0 spiro atoms. The highest BCUT2D eigenvalue weighted by Gasteiger charge is 2.11. The highest BCUT2D eigenvalue weighted by Crippen LogP contribution is 2.29. The number of ether oxygens (including phenoxy) is 2. The molecule has 2 aromatic rings. The molecule has 0 unspecified atom stereocenters. The minimum Gasteiger partial charge on any atom is -0.545 e. The van der Waals surface area contributed by atoms with Gasteiger partial charge in [-0.1, -0.05) is 18.2 Å². The summed E-state index contributed by atoms with van der Waals surface area (Å²) >= 11 is 0. The number of nitriles is 1. The monoisotopic (exact) mass is 365 g/mol. The Balaban J connectivity index is 2.21. The smallest absolute Gasteiger partial charge is 0.266 e. The highest BCUT2D eigenvalue weighted by atomic mass is 16.5. The van der Waals surface area contributed by atoms with Crippen molar-refractivity contribution >= 4 is 23.6 Å². The summed E-state index contributed by atoms with van der Waals surface area (Å²) in [5, 5.41) is 22.6. The van der Waals surface area contributed by atoms with Gasteiger partial charge >= 0.3 is 0 Å². The first kappa shape index (κ1) is 19.5. The second-order valence-electron chi connectivity index (χ2n) is 5.33. The van der Waals surface area contributed by atoms with E-state index in [2.05, 4.69) is 5.32 Å². The van der Waals surface area contributed by atoms with Crippen LogP contribution in [0.1, 0.15) is 22.8 Å². The van der Waals surface area contributed by atoms with Gasteiger partial charge in [-0.25, -0.2) is 0 Å². The van der Waals surface area contributed by atoms with Gasteiger partial charge in [0.2, 0.25) is 0 Å². The van der Waals surface area contributed by atoms with Crippen molar-refractivity contribution in [3.8, 4) is 17.6 Å². The predicted molar refractivity (Wildman–Crippen MR) is 97.2 cm³/mol. The van der Waals surface area contributed by atoms with Crippen molar-refractivity contribution < 1.29 is 24.2 Å². The number of carbonyl (C=O) groups excluding carboxylic acids is 2. The van der Waals surface area contributed by atoms with Crippen molar-refractivity contribution in [3.05, 3.63) is 59.2 Å². The predicted octanol–water partition coefficient (Wildman–Crippen LogP) is 2.00. The maximum atomic E-state index is 12.3. The van der Waals surface area contributed by atoms with Crippen LogP contribution in [-0.2, 0) is 4.79 Å². The average Bonchev–Trinajstić information content (AvgIpc) is 2.67. The maximum absolute atomic E-state index is 12.3. The van der Waals surface area contributed by atoms with Gasteiger partial charge in [0.25, 0.3) is 5.91 Å². The second kappa shape index (κ2) is 9.06. The van der Waals surface area contributed by atoms with Crippen LogP contribution in [0.3, 0.4) is 0 Å². The third kappa shape index (κ3) is 5.09. The summed E-state index contributed by atoms with van der Waals surface area (Å²) in [6.07, 6.45) is 1.42. The van der Waals surface area contributed by atoms with Crippen molar-refractivity contribution in [3.63, 3.8) is 0 Å². The van der Waals surface area contributed by atoms with Gasteiger partial charge < -0.3 is 24.7 Å². The van der Waals surface area contributed by atoms with Gasteiger partial charge in [0.15, 0.2) is 11.5 Å². The number of anilines is 1. The fourth-order valence-corrected chi connectivity index (χ4v) is 2.25. The van der Waals surface area contributed by atoms with Crippen LogP contribution in [0.4, 0.5) is 5.69 Å². The number of amides is 1. The first-order valence-electron chi connectivity index (χ1n) is 8.04. The van der Waals surface area contributed by atoms with Gasteiger partial charge in [0.1, 0.15) is 11.6 Å². The van der Waals surface area contributed by atoms with Gasteiger partial charge in [-0.3, -0.25) is 4.79 Å². The van der Waals surface area contributed by atoms with Crippen molar-refractivity contribution in [1.29, 1.82) is 5.26 Å². The van der Waals surface area contributed by atoms with Crippen molar-refractivity contribution in [2.45, 2.75) is 6.92 Å². The molecule has 0 radical (unpaired) electrons. The van der Waals surface area contributed by atoms with Crippen LogP contribution in [0.15, 0.2) is 48.0 Å². The van der Waals surface area contributed by atoms with Crippen LogP contribution < -0.4 is 19.9 Å². The van der Waals surface area contributed by atoms with E-state index in [1.54, 1.807) is 18.2 Å². The topological polar surface area (TPSA) is 111 Å². The molecule has 2 aromatic carbocycles. The Hall–Kier alpha value is -3.79. The third-order valence-corrected chi connectivity index (χ3v) is 3.54. The van der Waals surface area contributed by atoms with Gasteiger partial charge in [0, 0.05) is 5.69 Å². The SMILES string of the molecule is CCOc1ccc(/C=C(\C#N)C(=O)Nc2ccc(C(=O)[O-])cc2)cc1OC. The summed E-state index contributed by atoms with van der Waals surface area (Å²) in [5.41, 5.74) is 0.820. The Kier molecular flexibility index (Phi) is 6.55. The Bertz CT molecular complexity index is 911. The standard InChI is InChI=1S/C20H18N2O5/c1-3-27-17-9-4-13(11-18(17)26-2)10-15(12-21)19(23)22-16-7-5-14(6-8-16)20(24)25/h4-11H,3H2,1-2H3,(H,22,23)(H,24,25)/p-1/b15-10+. The number of aromatic carboxylic acids is 1. The zero-order chi connectivity index (χ0) is 19.8. The summed E-state index contributed by atoms with van der Waals surface area (Å²) in [7, 11) is 1.50. The molecule has 7 heteroatoms. The molecule has 0 heterocycles. The Morgan fingerprint density at radius 1 is 1.19 bits per heavy atom. The number of nitrogens with zero attached hydrogens (tertiary/aromatic N) is 1. The molecule has 0 fully saturated rings. The van der Waals surface area contributed by atoms with E-state index in [9.17, 15) is 20.0 Å².